The number of sulfonamides is 1. The lowest BCUT2D eigenvalue weighted by Crippen LogP contribution is -2.52. The monoisotopic (exact) mass is 658 g/mol. The topological polar surface area (TPSA) is 137 Å². The molecule has 0 bridgehead atoms. The summed E-state index contributed by atoms with van der Waals surface area (Å²) in [6.07, 6.45) is 1.04. The fraction of sp³-hybridized carbons (Fsp3) is 0.278. The highest BCUT2D eigenvalue weighted by molar-refractivity contribution is 7.92. The Morgan fingerprint density at radius 2 is 1.38 bits per heavy atom. The predicted molar refractivity (Wildman–Crippen MR) is 184 cm³/mol. The van der Waals surface area contributed by atoms with Gasteiger partial charge < -0.3 is 25.8 Å². The van der Waals surface area contributed by atoms with Gasteiger partial charge in [0.25, 0.3) is 11.8 Å². The van der Waals surface area contributed by atoms with Gasteiger partial charge >= 0.3 is 0 Å². The molecule has 0 aliphatic heterocycles. The smallest absolute Gasteiger partial charge is 0.251 e. The van der Waals surface area contributed by atoms with Crippen molar-refractivity contribution in [2.24, 2.45) is 0 Å². The van der Waals surface area contributed by atoms with Gasteiger partial charge in [-0.15, -0.1) is 0 Å². The van der Waals surface area contributed by atoms with Gasteiger partial charge in [0.05, 0.1) is 37.7 Å². The molecule has 4 N–H and O–H groups in total. The molecular weight excluding hydrogens is 616 g/mol. The van der Waals surface area contributed by atoms with Crippen molar-refractivity contribution < 1.29 is 27.9 Å². The van der Waals surface area contributed by atoms with Gasteiger partial charge in [-0.2, -0.15) is 0 Å². The number of hydrogen-bond acceptors (Lipinski definition) is 7. The number of ether oxygens (including phenoxy) is 1. The molecule has 4 aromatic rings. The molecule has 2 atom stereocenters. The summed E-state index contributed by atoms with van der Waals surface area (Å²) in [5, 5.41) is 20.5. The van der Waals surface area contributed by atoms with Gasteiger partial charge in [-0.05, 0) is 41.8 Å². The third kappa shape index (κ3) is 10.8. The zero-order valence-electron chi connectivity index (χ0n) is 26.8. The van der Waals surface area contributed by atoms with Crippen LogP contribution in [0.1, 0.15) is 50.4 Å². The summed E-state index contributed by atoms with van der Waals surface area (Å²) in [5.41, 5.74) is 1.67. The number of anilines is 1. The summed E-state index contributed by atoms with van der Waals surface area (Å²) in [7, 11) is -2.35. The van der Waals surface area contributed by atoms with Crippen LogP contribution < -0.4 is 20.3 Å². The summed E-state index contributed by atoms with van der Waals surface area (Å²) < 4.78 is 31.7. The highest BCUT2D eigenvalue weighted by Crippen LogP contribution is 2.22. The molecule has 0 fully saturated rings. The number of nitrogens with one attached hydrogen (secondary N) is 3. The van der Waals surface area contributed by atoms with Crippen LogP contribution in [-0.4, -0.2) is 63.9 Å². The van der Waals surface area contributed by atoms with Gasteiger partial charge in [-0.25, -0.2) is 8.42 Å². The molecule has 11 heteroatoms. The third-order valence-electron chi connectivity index (χ3n) is 7.64. The highest BCUT2D eigenvalue weighted by atomic mass is 32.2. The van der Waals surface area contributed by atoms with Crippen molar-refractivity contribution in [2.75, 3.05) is 37.3 Å². The molecule has 4 aromatic carbocycles. The fourth-order valence-corrected chi connectivity index (χ4v) is 5.32. The molecule has 0 saturated carbocycles. The van der Waals surface area contributed by atoms with Crippen LogP contribution in [0.15, 0.2) is 109 Å². The quantitative estimate of drug-likeness (QED) is 0.143. The molecule has 0 saturated heterocycles. The lowest BCUT2D eigenvalue weighted by atomic mass is 10.0. The number of benzene rings is 4. The number of nitrogens with zero attached hydrogens (tertiary/aromatic N) is 1. The van der Waals surface area contributed by atoms with Crippen LogP contribution in [0.2, 0.25) is 0 Å². The lowest BCUT2D eigenvalue weighted by Gasteiger charge is -2.29. The highest BCUT2D eigenvalue weighted by Gasteiger charge is 2.29. The van der Waals surface area contributed by atoms with Gasteiger partial charge in [0.2, 0.25) is 10.0 Å². The maximum absolute atomic E-state index is 13.5. The minimum Gasteiger partial charge on any atom is -0.384 e. The van der Waals surface area contributed by atoms with Crippen LogP contribution in [0.25, 0.3) is 0 Å². The van der Waals surface area contributed by atoms with E-state index in [0.29, 0.717) is 6.54 Å². The van der Waals surface area contributed by atoms with Crippen LogP contribution in [0.4, 0.5) is 5.69 Å². The Bertz CT molecular complexity index is 1680. The molecule has 2 amide bonds. The number of aliphatic hydroxyl groups is 1. The van der Waals surface area contributed by atoms with E-state index in [9.17, 15) is 23.1 Å². The normalized spacial score (nSPS) is 13.3. The Morgan fingerprint density at radius 3 is 1.98 bits per heavy atom. The maximum Gasteiger partial charge on any atom is 0.251 e. The second kappa shape index (κ2) is 16.3. The Balaban J connectivity index is 1.52. The van der Waals surface area contributed by atoms with Gasteiger partial charge in [-0.1, -0.05) is 91.0 Å². The first-order chi connectivity index (χ1) is 22.4. The van der Waals surface area contributed by atoms with E-state index in [2.05, 4.69) is 16.0 Å². The molecule has 0 heterocycles. The average molecular weight is 659 g/mol. The van der Waals surface area contributed by atoms with E-state index in [1.165, 1.54) is 25.2 Å². The molecule has 47 heavy (non-hydrogen) atoms. The zero-order chi connectivity index (χ0) is 33.9. The summed E-state index contributed by atoms with van der Waals surface area (Å²) in [6, 6.07) is 32.5. The molecule has 0 aromatic heterocycles. The van der Waals surface area contributed by atoms with Crippen LogP contribution in [-0.2, 0) is 27.9 Å². The molecule has 10 nitrogen and oxygen atoms in total. The number of amides is 2. The van der Waals surface area contributed by atoms with E-state index in [0.717, 1.165) is 27.3 Å². The number of carbonyl (C=O) groups excluding carboxylic acids is 2. The molecule has 0 aliphatic carbocycles. The van der Waals surface area contributed by atoms with Crippen molar-refractivity contribution in [3.63, 3.8) is 0 Å². The van der Waals surface area contributed by atoms with E-state index in [-0.39, 0.29) is 49.2 Å². The van der Waals surface area contributed by atoms with E-state index in [1.54, 1.807) is 0 Å². The fourth-order valence-electron chi connectivity index (χ4n) is 4.83. The Kier molecular flexibility index (Phi) is 12.3. The summed E-state index contributed by atoms with van der Waals surface area (Å²) in [4.78, 5) is 26.9. The lowest BCUT2D eigenvalue weighted by molar-refractivity contribution is -0.0482. The van der Waals surface area contributed by atoms with Crippen LogP contribution in [0.5, 0.6) is 0 Å². The SMILES string of the molecule is C[C@@H](NC(=O)c1cc(C(=O)NCC(O)(CNCc2ccccc2)COCc2ccccc2)cc(N(C)S(C)(=O)=O)c1)c1ccccc1. The zero-order valence-corrected chi connectivity index (χ0v) is 27.7. The number of rotatable bonds is 16. The second-order valence-electron chi connectivity index (χ2n) is 11.6. The second-order valence-corrected chi connectivity index (χ2v) is 13.6. The molecule has 0 aliphatic rings. The van der Waals surface area contributed by atoms with E-state index in [1.807, 2.05) is 97.9 Å². The third-order valence-corrected chi connectivity index (χ3v) is 8.84. The number of hydrogen-bond donors (Lipinski definition) is 4. The van der Waals surface area contributed by atoms with Crippen LogP contribution in [0, 0.1) is 0 Å². The Hall–Kier alpha value is -4.55. The molecule has 0 spiro atoms. The standard InChI is InChI=1S/C36H42N4O6S/c1-27(30-17-11-6-12-18-30)39-35(42)32-19-31(20-33(21-32)40(2)47(3,44)45)34(41)38-25-36(43,24-37-22-28-13-7-4-8-14-28)26-46-23-29-15-9-5-10-16-29/h4-21,27,37,43H,22-26H2,1-3H3,(H,38,41)(H,39,42)/t27-,36?/m1/s1. The van der Waals surface area contributed by atoms with E-state index in [4.69, 9.17) is 4.74 Å². The minimum absolute atomic E-state index is 0.0558. The van der Waals surface area contributed by atoms with Crippen molar-refractivity contribution in [2.45, 2.75) is 31.7 Å². The van der Waals surface area contributed by atoms with Gasteiger partial charge in [0, 0.05) is 31.3 Å². The molecule has 1 unspecified atom stereocenters. The van der Waals surface area contributed by atoms with Crippen molar-refractivity contribution in [3.05, 3.63) is 137 Å². The first kappa shape index (κ1) is 35.3. The predicted octanol–water partition coefficient (Wildman–Crippen LogP) is 4.04. The van der Waals surface area contributed by atoms with E-state index < -0.39 is 27.4 Å². The number of carbonyl (C=O) groups is 2. The van der Waals surface area contributed by atoms with Crippen molar-refractivity contribution in [1.82, 2.24) is 16.0 Å². The Morgan fingerprint density at radius 1 is 0.830 bits per heavy atom. The first-order valence-corrected chi connectivity index (χ1v) is 17.1. The first-order valence-electron chi connectivity index (χ1n) is 15.3. The summed E-state index contributed by atoms with van der Waals surface area (Å²) in [6.45, 7) is 2.46. The maximum atomic E-state index is 13.5. The van der Waals surface area contributed by atoms with E-state index >= 15 is 0 Å². The summed E-state index contributed by atoms with van der Waals surface area (Å²) >= 11 is 0. The van der Waals surface area contributed by atoms with Gasteiger partial charge in [-0.3, -0.25) is 13.9 Å². The Labute approximate surface area is 276 Å². The van der Waals surface area contributed by atoms with Crippen LogP contribution >= 0.6 is 0 Å². The van der Waals surface area contributed by atoms with Crippen LogP contribution in [0.3, 0.4) is 0 Å². The molecule has 4 rings (SSSR count). The van der Waals surface area contributed by atoms with Gasteiger partial charge in [0.1, 0.15) is 5.60 Å². The summed E-state index contributed by atoms with van der Waals surface area (Å²) in [5.74, 6) is -1.07. The molecule has 0 radical (unpaired) electrons. The average Bonchev–Trinajstić information content (AvgIpc) is 3.07. The van der Waals surface area contributed by atoms with Gasteiger partial charge in [0.15, 0.2) is 0 Å². The molecule has 248 valence electrons. The molecular formula is C36H42N4O6S. The largest absolute Gasteiger partial charge is 0.384 e. The van der Waals surface area contributed by atoms with Crippen molar-refractivity contribution >= 4 is 27.5 Å². The minimum atomic E-state index is -3.70. The van der Waals surface area contributed by atoms with Crippen molar-refractivity contribution in [1.29, 1.82) is 0 Å². The van der Waals surface area contributed by atoms with Crippen molar-refractivity contribution in [3.8, 4) is 0 Å².